The molecule has 0 saturated carbocycles. The Morgan fingerprint density at radius 3 is 2.81 bits per heavy atom. The average molecular weight is 219 g/mol. The Morgan fingerprint density at radius 2 is 2.19 bits per heavy atom. The summed E-state index contributed by atoms with van der Waals surface area (Å²) in [4.78, 5) is 13.6. The van der Waals surface area contributed by atoms with Crippen molar-refractivity contribution in [3.8, 4) is 0 Å². The second kappa shape index (κ2) is 4.04. The maximum Gasteiger partial charge on any atom is 0.322 e. The number of urea groups is 1. The Bertz CT molecular complexity index is 415. The van der Waals surface area contributed by atoms with Crippen molar-refractivity contribution in [3.05, 3.63) is 23.8 Å². The van der Waals surface area contributed by atoms with Gasteiger partial charge in [0.05, 0.1) is 0 Å². The molecule has 1 aliphatic heterocycles. The first kappa shape index (κ1) is 10.8. The fraction of sp³-hybridized carbons (Fsp3) is 0.417. The summed E-state index contributed by atoms with van der Waals surface area (Å²) in [5.41, 5.74) is 3.08. The Morgan fingerprint density at radius 1 is 1.44 bits per heavy atom. The quantitative estimate of drug-likeness (QED) is 0.802. The Balaban J connectivity index is 2.31. The molecule has 1 aliphatic rings. The second-order valence-corrected chi connectivity index (χ2v) is 4.27. The van der Waals surface area contributed by atoms with E-state index in [0.29, 0.717) is 6.54 Å². The van der Waals surface area contributed by atoms with Gasteiger partial charge in [-0.25, -0.2) is 4.79 Å². The first-order valence-electron chi connectivity index (χ1n) is 5.50. The van der Waals surface area contributed by atoms with Crippen LogP contribution in [-0.2, 0) is 6.54 Å². The molecule has 1 heterocycles. The van der Waals surface area contributed by atoms with Crippen molar-refractivity contribution in [2.45, 2.75) is 26.4 Å². The standard InChI is InChI=1S/C12H17N3O/c1-8(2)15-7-9-4-5-10(13-3)6-11(9)14-12(15)16/h4-6,8,13H,7H2,1-3H3,(H,14,16). The van der Waals surface area contributed by atoms with E-state index in [4.69, 9.17) is 0 Å². The summed E-state index contributed by atoms with van der Waals surface area (Å²) in [6, 6.07) is 6.24. The fourth-order valence-corrected chi connectivity index (χ4v) is 1.85. The van der Waals surface area contributed by atoms with Gasteiger partial charge in [0.2, 0.25) is 0 Å². The first-order chi connectivity index (χ1) is 7.61. The van der Waals surface area contributed by atoms with Crippen LogP contribution in [0.3, 0.4) is 0 Å². The summed E-state index contributed by atoms with van der Waals surface area (Å²) in [6.07, 6.45) is 0. The molecule has 1 aromatic rings. The lowest BCUT2D eigenvalue weighted by molar-refractivity contribution is 0.191. The second-order valence-electron chi connectivity index (χ2n) is 4.27. The lowest BCUT2D eigenvalue weighted by atomic mass is 10.1. The van der Waals surface area contributed by atoms with Crippen LogP contribution < -0.4 is 10.6 Å². The normalized spacial score (nSPS) is 14.8. The van der Waals surface area contributed by atoms with Crippen molar-refractivity contribution >= 4 is 17.4 Å². The van der Waals surface area contributed by atoms with Crippen molar-refractivity contribution < 1.29 is 4.79 Å². The number of amides is 2. The minimum absolute atomic E-state index is 0.0178. The van der Waals surface area contributed by atoms with Crippen molar-refractivity contribution in [3.63, 3.8) is 0 Å². The highest BCUT2D eigenvalue weighted by molar-refractivity contribution is 5.93. The number of hydrogen-bond acceptors (Lipinski definition) is 2. The molecule has 86 valence electrons. The molecular formula is C12H17N3O. The highest BCUT2D eigenvalue weighted by Gasteiger charge is 2.24. The van der Waals surface area contributed by atoms with E-state index in [2.05, 4.69) is 16.7 Å². The third-order valence-corrected chi connectivity index (χ3v) is 2.87. The number of carbonyl (C=O) groups is 1. The lowest BCUT2D eigenvalue weighted by Gasteiger charge is -2.32. The summed E-state index contributed by atoms with van der Waals surface area (Å²) >= 11 is 0. The molecule has 1 aromatic carbocycles. The molecule has 2 N–H and O–H groups in total. The third-order valence-electron chi connectivity index (χ3n) is 2.87. The van der Waals surface area contributed by atoms with E-state index in [1.807, 2.05) is 37.9 Å². The Hall–Kier alpha value is -1.71. The van der Waals surface area contributed by atoms with Gasteiger partial charge in [0.1, 0.15) is 0 Å². The summed E-state index contributed by atoms with van der Waals surface area (Å²) in [5, 5.41) is 5.97. The predicted octanol–water partition coefficient (Wildman–Crippen LogP) is 2.48. The van der Waals surface area contributed by atoms with Crippen LogP contribution in [0.1, 0.15) is 19.4 Å². The van der Waals surface area contributed by atoms with E-state index < -0.39 is 0 Å². The van der Waals surface area contributed by atoms with Crippen molar-refractivity contribution in [1.82, 2.24) is 4.90 Å². The van der Waals surface area contributed by atoms with Gasteiger partial charge in [0.25, 0.3) is 0 Å². The summed E-state index contributed by atoms with van der Waals surface area (Å²) in [6.45, 7) is 4.72. The van der Waals surface area contributed by atoms with Gasteiger partial charge >= 0.3 is 6.03 Å². The number of anilines is 2. The molecule has 0 unspecified atom stereocenters. The molecule has 16 heavy (non-hydrogen) atoms. The van der Waals surface area contributed by atoms with E-state index >= 15 is 0 Å². The predicted molar refractivity (Wildman–Crippen MR) is 65.7 cm³/mol. The Kier molecular flexibility index (Phi) is 2.73. The number of rotatable bonds is 2. The summed E-state index contributed by atoms with van der Waals surface area (Å²) in [5.74, 6) is 0. The number of nitrogens with zero attached hydrogens (tertiary/aromatic N) is 1. The molecule has 0 bridgehead atoms. The summed E-state index contributed by atoms with van der Waals surface area (Å²) < 4.78 is 0. The van der Waals surface area contributed by atoms with Gasteiger partial charge in [0, 0.05) is 31.0 Å². The summed E-state index contributed by atoms with van der Waals surface area (Å²) in [7, 11) is 1.87. The molecule has 4 heteroatoms. The van der Waals surface area contributed by atoms with Crippen LogP contribution in [0.25, 0.3) is 0 Å². The van der Waals surface area contributed by atoms with Crippen LogP contribution in [0.15, 0.2) is 18.2 Å². The molecule has 0 aromatic heterocycles. The number of fused-ring (bicyclic) bond motifs is 1. The maximum atomic E-state index is 11.8. The molecule has 4 nitrogen and oxygen atoms in total. The molecule has 2 amide bonds. The van der Waals surface area contributed by atoms with Crippen LogP contribution in [0.2, 0.25) is 0 Å². The SMILES string of the molecule is CNc1ccc2c(c1)NC(=O)N(C(C)C)C2. The zero-order valence-corrected chi connectivity index (χ0v) is 9.87. The number of hydrogen-bond donors (Lipinski definition) is 2. The first-order valence-corrected chi connectivity index (χ1v) is 5.50. The van der Waals surface area contributed by atoms with Crippen LogP contribution in [0, 0.1) is 0 Å². The van der Waals surface area contributed by atoms with Crippen LogP contribution >= 0.6 is 0 Å². The highest BCUT2D eigenvalue weighted by atomic mass is 16.2. The van der Waals surface area contributed by atoms with Crippen molar-refractivity contribution in [1.29, 1.82) is 0 Å². The maximum absolute atomic E-state index is 11.8. The van der Waals surface area contributed by atoms with Crippen LogP contribution in [-0.4, -0.2) is 24.0 Å². The monoisotopic (exact) mass is 219 g/mol. The van der Waals surface area contributed by atoms with Gasteiger partial charge in [-0.3, -0.25) is 0 Å². The zero-order valence-electron chi connectivity index (χ0n) is 9.87. The average Bonchev–Trinajstić information content (AvgIpc) is 2.27. The Labute approximate surface area is 95.6 Å². The van der Waals surface area contributed by atoms with E-state index in [0.717, 1.165) is 16.9 Å². The third kappa shape index (κ3) is 1.83. The fourth-order valence-electron chi connectivity index (χ4n) is 1.85. The van der Waals surface area contributed by atoms with Crippen LogP contribution in [0.5, 0.6) is 0 Å². The largest absolute Gasteiger partial charge is 0.388 e. The van der Waals surface area contributed by atoms with Crippen LogP contribution in [0.4, 0.5) is 16.2 Å². The van der Waals surface area contributed by atoms with Gasteiger partial charge in [0.15, 0.2) is 0 Å². The van der Waals surface area contributed by atoms with Gasteiger partial charge in [-0.15, -0.1) is 0 Å². The van der Waals surface area contributed by atoms with E-state index in [1.165, 1.54) is 0 Å². The van der Waals surface area contributed by atoms with Gasteiger partial charge in [-0.2, -0.15) is 0 Å². The molecule has 2 rings (SSSR count). The molecule has 0 fully saturated rings. The molecular weight excluding hydrogens is 202 g/mol. The smallest absolute Gasteiger partial charge is 0.322 e. The van der Waals surface area contributed by atoms with E-state index in [1.54, 1.807) is 0 Å². The van der Waals surface area contributed by atoms with Crippen molar-refractivity contribution in [2.75, 3.05) is 17.7 Å². The topological polar surface area (TPSA) is 44.4 Å². The number of benzene rings is 1. The minimum atomic E-state index is -0.0178. The van der Waals surface area contributed by atoms with Gasteiger partial charge in [-0.1, -0.05) is 6.07 Å². The molecule has 0 spiro atoms. The van der Waals surface area contributed by atoms with Crippen molar-refractivity contribution in [2.24, 2.45) is 0 Å². The van der Waals surface area contributed by atoms with Gasteiger partial charge in [-0.05, 0) is 31.5 Å². The minimum Gasteiger partial charge on any atom is -0.388 e. The molecule has 0 aliphatic carbocycles. The van der Waals surface area contributed by atoms with E-state index in [-0.39, 0.29) is 12.1 Å². The number of carbonyl (C=O) groups excluding carboxylic acids is 1. The lowest BCUT2D eigenvalue weighted by Crippen LogP contribution is -2.42. The molecule has 0 radical (unpaired) electrons. The highest BCUT2D eigenvalue weighted by Crippen LogP contribution is 2.27. The molecule has 0 atom stereocenters. The van der Waals surface area contributed by atoms with Gasteiger partial charge < -0.3 is 15.5 Å². The van der Waals surface area contributed by atoms with E-state index in [9.17, 15) is 4.79 Å². The molecule has 0 saturated heterocycles. The number of nitrogens with one attached hydrogen (secondary N) is 2. The zero-order chi connectivity index (χ0) is 11.7.